The van der Waals surface area contributed by atoms with E-state index < -0.39 is 49.3 Å². The SMILES string of the molecule is Cc1ccc(N(CC(=O)Nc2ccc(S(=O)(=O)Nc3ccc(Cl)c(C(F)(F)F)c3)cc2)S(C)(=O)=O)c(C)c1. The van der Waals surface area contributed by atoms with Crippen molar-refractivity contribution in [3.8, 4) is 0 Å². The minimum absolute atomic E-state index is 0.175. The molecule has 0 atom stereocenters. The van der Waals surface area contributed by atoms with E-state index in [9.17, 15) is 34.8 Å². The smallest absolute Gasteiger partial charge is 0.325 e. The molecule has 2 N–H and O–H groups in total. The van der Waals surface area contributed by atoms with E-state index in [1.807, 2.05) is 6.92 Å². The number of nitrogens with one attached hydrogen (secondary N) is 2. The highest BCUT2D eigenvalue weighted by molar-refractivity contribution is 7.92. The number of aryl methyl sites for hydroxylation is 2. The van der Waals surface area contributed by atoms with E-state index in [1.54, 1.807) is 25.1 Å². The fourth-order valence-electron chi connectivity index (χ4n) is 3.53. The van der Waals surface area contributed by atoms with Crippen LogP contribution in [0.3, 0.4) is 0 Å². The number of carbonyl (C=O) groups is 1. The third-order valence-corrected chi connectivity index (χ3v) is 8.13. The highest BCUT2D eigenvalue weighted by Crippen LogP contribution is 2.36. The molecular weight excluding hydrogens is 567 g/mol. The first kappa shape index (κ1) is 29.3. The van der Waals surface area contributed by atoms with Gasteiger partial charge in [0.25, 0.3) is 10.0 Å². The number of rotatable bonds is 8. The number of hydrogen-bond donors (Lipinski definition) is 2. The molecule has 1 amide bonds. The van der Waals surface area contributed by atoms with Crippen molar-refractivity contribution >= 4 is 54.6 Å². The van der Waals surface area contributed by atoms with Crippen LogP contribution in [0.5, 0.6) is 0 Å². The van der Waals surface area contributed by atoms with E-state index in [0.717, 1.165) is 40.4 Å². The summed E-state index contributed by atoms with van der Waals surface area (Å²) in [5.41, 5.74) is 0.567. The van der Waals surface area contributed by atoms with Gasteiger partial charge in [-0.05, 0) is 67.9 Å². The lowest BCUT2D eigenvalue weighted by molar-refractivity contribution is -0.137. The second-order valence-electron chi connectivity index (χ2n) is 8.43. The van der Waals surface area contributed by atoms with Crippen LogP contribution < -0.4 is 14.3 Å². The van der Waals surface area contributed by atoms with Crippen molar-refractivity contribution in [2.75, 3.05) is 27.1 Å². The van der Waals surface area contributed by atoms with E-state index >= 15 is 0 Å². The zero-order chi connectivity index (χ0) is 28.5. The Morgan fingerprint density at radius 1 is 0.921 bits per heavy atom. The number of alkyl halides is 3. The second-order valence-corrected chi connectivity index (χ2v) is 12.4. The number of hydrogen-bond acceptors (Lipinski definition) is 5. The molecule has 0 aliphatic carbocycles. The van der Waals surface area contributed by atoms with Crippen LogP contribution in [0.4, 0.5) is 30.2 Å². The average molecular weight is 590 g/mol. The van der Waals surface area contributed by atoms with Gasteiger partial charge < -0.3 is 5.32 Å². The predicted molar refractivity (Wildman–Crippen MR) is 140 cm³/mol. The molecule has 0 unspecified atom stereocenters. The van der Waals surface area contributed by atoms with Gasteiger partial charge in [-0.25, -0.2) is 16.8 Å². The minimum Gasteiger partial charge on any atom is -0.325 e. The summed E-state index contributed by atoms with van der Waals surface area (Å²) < 4.78 is 92.3. The van der Waals surface area contributed by atoms with Crippen molar-refractivity contribution in [1.82, 2.24) is 0 Å². The number of anilines is 3. The zero-order valence-corrected chi connectivity index (χ0v) is 22.7. The molecule has 0 spiro atoms. The third kappa shape index (κ3) is 7.17. The van der Waals surface area contributed by atoms with E-state index in [1.165, 1.54) is 12.1 Å². The van der Waals surface area contributed by atoms with Gasteiger partial charge in [-0.15, -0.1) is 0 Å². The fraction of sp³-hybridized carbons (Fsp3) is 0.208. The summed E-state index contributed by atoms with van der Waals surface area (Å²) in [6, 6.07) is 12.5. The van der Waals surface area contributed by atoms with Gasteiger partial charge in [-0.3, -0.25) is 13.8 Å². The number of benzene rings is 3. The minimum atomic E-state index is -4.77. The maximum atomic E-state index is 13.1. The van der Waals surface area contributed by atoms with E-state index in [4.69, 9.17) is 11.6 Å². The Kier molecular flexibility index (Phi) is 8.34. The summed E-state index contributed by atoms with van der Waals surface area (Å²) in [4.78, 5) is 12.3. The van der Waals surface area contributed by atoms with Gasteiger partial charge in [0.1, 0.15) is 6.54 Å². The standard InChI is InChI=1S/C24H23ClF3N3O5S2/c1-15-4-11-22(16(2)12-15)31(37(3,33)34)14-23(32)29-17-5-8-19(9-6-17)38(35,36)30-18-7-10-21(25)20(13-18)24(26,27)28/h4-13,30H,14H2,1-3H3,(H,29,32). The molecule has 3 rings (SSSR count). The summed E-state index contributed by atoms with van der Waals surface area (Å²) in [7, 11) is -8.08. The van der Waals surface area contributed by atoms with E-state index in [2.05, 4.69) is 10.0 Å². The number of amides is 1. The first-order valence-electron chi connectivity index (χ1n) is 10.8. The number of carbonyl (C=O) groups excluding carboxylic acids is 1. The molecule has 0 aliphatic heterocycles. The topological polar surface area (TPSA) is 113 Å². The van der Waals surface area contributed by atoms with Crippen molar-refractivity contribution in [3.63, 3.8) is 0 Å². The van der Waals surface area contributed by atoms with E-state index in [-0.39, 0.29) is 16.3 Å². The Hall–Kier alpha value is -3.29. The van der Waals surface area contributed by atoms with Crippen LogP contribution in [0, 0.1) is 13.8 Å². The first-order chi connectivity index (χ1) is 17.5. The average Bonchev–Trinajstić information content (AvgIpc) is 2.78. The molecular formula is C24H23ClF3N3O5S2. The van der Waals surface area contributed by atoms with Crippen LogP contribution in [-0.2, 0) is 31.0 Å². The first-order valence-corrected chi connectivity index (χ1v) is 14.5. The van der Waals surface area contributed by atoms with Gasteiger partial charge in [0, 0.05) is 11.4 Å². The quantitative estimate of drug-likeness (QED) is 0.376. The fourth-order valence-corrected chi connectivity index (χ4v) is 5.72. The van der Waals surface area contributed by atoms with Gasteiger partial charge in [-0.2, -0.15) is 13.2 Å². The second kappa shape index (κ2) is 10.8. The van der Waals surface area contributed by atoms with Crippen LogP contribution in [-0.4, -0.2) is 35.5 Å². The molecule has 0 fully saturated rings. The summed E-state index contributed by atoms with van der Waals surface area (Å²) >= 11 is 5.56. The monoisotopic (exact) mass is 589 g/mol. The number of nitrogens with zero attached hydrogens (tertiary/aromatic N) is 1. The molecule has 3 aromatic rings. The van der Waals surface area contributed by atoms with E-state index in [0.29, 0.717) is 17.3 Å². The summed E-state index contributed by atoms with van der Waals surface area (Å²) in [5.74, 6) is -0.676. The molecule has 8 nitrogen and oxygen atoms in total. The van der Waals surface area contributed by atoms with Gasteiger partial charge >= 0.3 is 6.18 Å². The largest absolute Gasteiger partial charge is 0.417 e. The maximum Gasteiger partial charge on any atom is 0.417 e. The molecule has 0 saturated carbocycles. The Labute approximate surface area is 223 Å². The maximum absolute atomic E-state index is 13.1. The lowest BCUT2D eigenvalue weighted by Crippen LogP contribution is -2.37. The molecule has 0 bridgehead atoms. The Bertz CT molecular complexity index is 1580. The molecule has 0 aromatic heterocycles. The van der Waals surface area contributed by atoms with Crippen molar-refractivity contribution in [1.29, 1.82) is 0 Å². The van der Waals surface area contributed by atoms with Crippen molar-refractivity contribution in [3.05, 3.63) is 82.4 Å². The number of sulfonamides is 2. The van der Waals surface area contributed by atoms with Crippen molar-refractivity contribution in [2.45, 2.75) is 24.9 Å². The molecule has 14 heteroatoms. The predicted octanol–water partition coefficient (Wildman–Crippen LogP) is 5.18. The zero-order valence-electron chi connectivity index (χ0n) is 20.3. The van der Waals surface area contributed by atoms with Crippen LogP contribution in [0.2, 0.25) is 5.02 Å². The van der Waals surface area contributed by atoms with Gasteiger partial charge in [0.2, 0.25) is 15.9 Å². The van der Waals surface area contributed by atoms with Gasteiger partial charge in [0.15, 0.2) is 0 Å². The Morgan fingerprint density at radius 2 is 1.53 bits per heavy atom. The molecule has 0 saturated heterocycles. The van der Waals surface area contributed by atoms with Crippen molar-refractivity contribution < 1.29 is 34.8 Å². The van der Waals surface area contributed by atoms with Gasteiger partial charge in [0.05, 0.1) is 27.4 Å². The van der Waals surface area contributed by atoms with Crippen LogP contribution in [0.15, 0.2) is 65.6 Å². The Morgan fingerprint density at radius 3 is 2.08 bits per heavy atom. The van der Waals surface area contributed by atoms with Gasteiger partial charge in [-0.1, -0.05) is 29.3 Å². The van der Waals surface area contributed by atoms with Crippen LogP contribution in [0.25, 0.3) is 0 Å². The highest BCUT2D eigenvalue weighted by Gasteiger charge is 2.33. The third-order valence-electron chi connectivity index (χ3n) is 5.28. The molecule has 0 heterocycles. The van der Waals surface area contributed by atoms with Crippen molar-refractivity contribution in [2.24, 2.45) is 0 Å². The highest BCUT2D eigenvalue weighted by atomic mass is 35.5. The molecule has 3 aromatic carbocycles. The summed E-state index contributed by atoms with van der Waals surface area (Å²) in [6.07, 6.45) is -3.80. The molecule has 38 heavy (non-hydrogen) atoms. The molecule has 0 aliphatic rings. The Balaban J connectivity index is 1.75. The number of halogens is 4. The summed E-state index contributed by atoms with van der Waals surface area (Å²) in [6.45, 7) is 3.05. The summed E-state index contributed by atoms with van der Waals surface area (Å²) in [5, 5.41) is 1.93. The van der Waals surface area contributed by atoms with Crippen LogP contribution >= 0.6 is 11.6 Å². The molecule has 0 radical (unpaired) electrons. The van der Waals surface area contributed by atoms with Crippen LogP contribution in [0.1, 0.15) is 16.7 Å². The lowest BCUT2D eigenvalue weighted by Gasteiger charge is -2.24. The normalized spacial score (nSPS) is 12.2. The molecule has 204 valence electrons. The lowest BCUT2D eigenvalue weighted by atomic mass is 10.1.